The molecule has 34 heavy (non-hydrogen) atoms. The Morgan fingerprint density at radius 3 is 2.47 bits per heavy atom. The van der Waals surface area contributed by atoms with Crippen molar-refractivity contribution in [1.82, 2.24) is 9.13 Å². The number of ether oxygens (including phenoxy) is 2. The highest BCUT2D eigenvalue weighted by Crippen LogP contribution is 2.41. The number of esters is 1. The number of anilines is 1. The van der Waals surface area contributed by atoms with Gasteiger partial charge in [-0.25, -0.2) is 9.59 Å². The summed E-state index contributed by atoms with van der Waals surface area (Å²) in [4.78, 5) is 39.0. The molecule has 0 spiro atoms. The summed E-state index contributed by atoms with van der Waals surface area (Å²) in [5.74, 6) is 0.178. The number of rotatable bonds is 6. The standard InChI is InChI=1S/C26H25N3O5/c1-5-14-33-25(31)20-16(2)27-23-22(24(30)29(4)26(32)28(23)3)21(20)17-10-9-13-19(15-17)34-18-11-7-6-8-12-18/h5-13,15,21,27H,1,14H2,2-4H3. The molecule has 8 nitrogen and oxygen atoms in total. The van der Waals surface area contributed by atoms with Crippen LogP contribution < -0.4 is 21.3 Å². The molecule has 3 aromatic rings. The largest absolute Gasteiger partial charge is 0.458 e. The van der Waals surface area contributed by atoms with E-state index in [4.69, 9.17) is 9.47 Å². The van der Waals surface area contributed by atoms with Crippen LogP contribution in [0.15, 0.2) is 88.1 Å². The lowest BCUT2D eigenvalue weighted by atomic mass is 9.82. The van der Waals surface area contributed by atoms with Gasteiger partial charge in [0.25, 0.3) is 5.56 Å². The van der Waals surface area contributed by atoms with E-state index in [-0.39, 0.29) is 17.7 Å². The molecule has 4 rings (SSSR count). The zero-order valence-corrected chi connectivity index (χ0v) is 19.2. The van der Waals surface area contributed by atoms with Crippen LogP contribution in [0.3, 0.4) is 0 Å². The number of para-hydroxylation sites is 1. The molecule has 2 heterocycles. The van der Waals surface area contributed by atoms with E-state index in [2.05, 4.69) is 11.9 Å². The minimum Gasteiger partial charge on any atom is -0.458 e. The van der Waals surface area contributed by atoms with Gasteiger partial charge in [0, 0.05) is 19.8 Å². The highest BCUT2D eigenvalue weighted by Gasteiger charge is 2.37. The molecule has 0 aliphatic carbocycles. The van der Waals surface area contributed by atoms with E-state index in [1.54, 1.807) is 32.2 Å². The molecular weight excluding hydrogens is 434 g/mol. The maximum absolute atomic E-state index is 13.3. The first-order valence-electron chi connectivity index (χ1n) is 10.7. The van der Waals surface area contributed by atoms with Gasteiger partial charge in [0.2, 0.25) is 0 Å². The summed E-state index contributed by atoms with van der Waals surface area (Å²) in [6.07, 6.45) is 1.48. The van der Waals surface area contributed by atoms with Crippen LogP contribution in [0.4, 0.5) is 5.82 Å². The summed E-state index contributed by atoms with van der Waals surface area (Å²) in [7, 11) is 2.99. The van der Waals surface area contributed by atoms with Crippen LogP contribution in [0.5, 0.6) is 11.5 Å². The quantitative estimate of drug-likeness (QED) is 0.449. The van der Waals surface area contributed by atoms with Gasteiger partial charge in [-0.3, -0.25) is 13.9 Å². The van der Waals surface area contributed by atoms with Gasteiger partial charge >= 0.3 is 11.7 Å². The SMILES string of the molecule is C=CCOC(=O)C1=C(C)Nc2c(c(=O)n(C)c(=O)n2C)C1c1cccc(Oc2ccccc2)c1. The molecule has 0 amide bonds. The molecule has 174 valence electrons. The molecule has 8 heteroatoms. The Bertz CT molecular complexity index is 1420. The Kier molecular flexibility index (Phi) is 6.23. The fraction of sp³-hybridized carbons (Fsp3) is 0.192. The predicted molar refractivity (Wildman–Crippen MR) is 129 cm³/mol. The van der Waals surface area contributed by atoms with Gasteiger partial charge in [-0.1, -0.05) is 43.0 Å². The summed E-state index contributed by atoms with van der Waals surface area (Å²) < 4.78 is 13.7. The van der Waals surface area contributed by atoms with Crippen molar-refractivity contribution in [3.63, 3.8) is 0 Å². The van der Waals surface area contributed by atoms with Crippen molar-refractivity contribution < 1.29 is 14.3 Å². The van der Waals surface area contributed by atoms with Crippen molar-refractivity contribution in [3.8, 4) is 11.5 Å². The van der Waals surface area contributed by atoms with E-state index < -0.39 is 23.1 Å². The molecule has 0 saturated heterocycles. The zero-order chi connectivity index (χ0) is 24.4. The molecule has 1 N–H and O–H groups in total. The van der Waals surface area contributed by atoms with E-state index >= 15 is 0 Å². The highest BCUT2D eigenvalue weighted by atomic mass is 16.5. The molecule has 0 radical (unpaired) electrons. The summed E-state index contributed by atoms with van der Waals surface area (Å²) in [6.45, 7) is 5.33. The molecule has 0 bridgehead atoms. The summed E-state index contributed by atoms with van der Waals surface area (Å²) in [5, 5.41) is 3.07. The van der Waals surface area contributed by atoms with Crippen LogP contribution in [-0.2, 0) is 23.6 Å². The molecule has 1 aromatic heterocycles. The minimum atomic E-state index is -0.779. The smallest absolute Gasteiger partial charge is 0.337 e. The van der Waals surface area contributed by atoms with Crippen LogP contribution in [0.2, 0.25) is 0 Å². The van der Waals surface area contributed by atoms with E-state index in [1.165, 1.54) is 17.7 Å². The topological polar surface area (TPSA) is 91.6 Å². The summed E-state index contributed by atoms with van der Waals surface area (Å²) >= 11 is 0. The van der Waals surface area contributed by atoms with Crippen molar-refractivity contribution in [2.24, 2.45) is 14.1 Å². The minimum absolute atomic E-state index is 0.0254. The van der Waals surface area contributed by atoms with Gasteiger partial charge in [-0.2, -0.15) is 0 Å². The van der Waals surface area contributed by atoms with Crippen LogP contribution in [0.25, 0.3) is 0 Å². The number of hydrogen-bond acceptors (Lipinski definition) is 6. The molecule has 0 saturated carbocycles. The van der Waals surface area contributed by atoms with Gasteiger partial charge in [0.05, 0.1) is 17.1 Å². The van der Waals surface area contributed by atoms with Crippen LogP contribution in [0.1, 0.15) is 24.0 Å². The molecule has 1 aliphatic rings. The Morgan fingerprint density at radius 1 is 1.06 bits per heavy atom. The van der Waals surface area contributed by atoms with E-state index in [1.807, 2.05) is 36.4 Å². The van der Waals surface area contributed by atoms with Gasteiger partial charge < -0.3 is 14.8 Å². The fourth-order valence-electron chi connectivity index (χ4n) is 4.09. The summed E-state index contributed by atoms with van der Waals surface area (Å²) in [6, 6.07) is 16.5. The number of carbonyl (C=O) groups is 1. The number of fused-ring (bicyclic) bond motifs is 1. The van der Waals surface area contributed by atoms with Crippen molar-refractivity contribution in [2.75, 3.05) is 11.9 Å². The maximum Gasteiger partial charge on any atom is 0.337 e. The lowest BCUT2D eigenvalue weighted by Crippen LogP contribution is -2.43. The molecule has 0 fully saturated rings. The zero-order valence-electron chi connectivity index (χ0n) is 19.2. The third kappa shape index (κ3) is 4.05. The first kappa shape index (κ1) is 22.8. The van der Waals surface area contributed by atoms with Crippen molar-refractivity contribution in [1.29, 1.82) is 0 Å². The average molecular weight is 460 g/mol. The second kappa shape index (κ2) is 9.27. The highest BCUT2D eigenvalue weighted by molar-refractivity contribution is 5.94. The normalized spacial score (nSPS) is 14.7. The van der Waals surface area contributed by atoms with Crippen molar-refractivity contribution in [2.45, 2.75) is 12.8 Å². The van der Waals surface area contributed by atoms with Gasteiger partial charge in [0.1, 0.15) is 23.9 Å². The van der Waals surface area contributed by atoms with Crippen LogP contribution in [0, 0.1) is 0 Å². The first-order valence-corrected chi connectivity index (χ1v) is 10.7. The Balaban J connectivity index is 1.92. The summed E-state index contributed by atoms with van der Waals surface area (Å²) in [5.41, 5.74) is 0.730. The fourth-order valence-corrected chi connectivity index (χ4v) is 4.09. The van der Waals surface area contributed by atoms with Crippen LogP contribution in [-0.4, -0.2) is 21.7 Å². The van der Waals surface area contributed by atoms with E-state index in [0.29, 0.717) is 28.6 Å². The Labute approximate surface area is 196 Å². The number of nitrogens with one attached hydrogen (secondary N) is 1. The number of nitrogens with zero attached hydrogens (tertiary/aromatic N) is 2. The van der Waals surface area contributed by atoms with Crippen molar-refractivity contribution >= 4 is 11.8 Å². The molecule has 1 aliphatic heterocycles. The number of allylic oxidation sites excluding steroid dienone is 1. The third-order valence-electron chi connectivity index (χ3n) is 5.71. The van der Waals surface area contributed by atoms with Crippen molar-refractivity contribution in [3.05, 3.63) is 110 Å². The van der Waals surface area contributed by atoms with E-state index in [9.17, 15) is 14.4 Å². The predicted octanol–water partition coefficient (Wildman–Crippen LogP) is 3.44. The molecular formula is C26H25N3O5. The second-order valence-corrected chi connectivity index (χ2v) is 7.94. The van der Waals surface area contributed by atoms with Crippen LogP contribution >= 0.6 is 0 Å². The van der Waals surface area contributed by atoms with Gasteiger partial charge in [-0.15, -0.1) is 0 Å². The first-order chi connectivity index (χ1) is 16.3. The maximum atomic E-state index is 13.3. The number of hydrogen-bond donors (Lipinski definition) is 1. The Morgan fingerprint density at radius 2 is 1.76 bits per heavy atom. The Hall–Kier alpha value is -4.33. The monoisotopic (exact) mass is 459 g/mol. The lowest BCUT2D eigenvalue weighted by Gasteiger charge is -2.31. The second-order valence-electron chi connectivity index (χ2n) is 7.94. The number of carbonyl (C=O) groups excluding carboxylic acids is 1. The lowest BCUT2D eigenvalue weighted by molar-refractivity contribution is -0.138. The van der Waals surface area contributed by atoms with E-state index in [0.717, 1.165) is 4.57 Å². The van der Waals surface area contributed by atoms with Gasteiger partial charge in [0.15, 0.2) is 0 Å². The number of aromatic nitrogens is 2. The number of benzene rings is 2. The molecule has 1 unspecified atom stereocenters. The van der Waals surface area contributed by atoms with Gasteiger partial charge in [-0.05, 0) is 36.8 Å². The third-order valence-corrected chi connectivity index (χ3v) is 5.71. The molecule has 1 atom stereocenters. The average Bonchev–Trinajstić information content (AvgIpc) is 2.84. The molecule has 2 aromatic carbocycles.